The minimum atomic E-state index is -3.04. The van der Waals surface area contributed by atoms with E-state index < -0.39 is 9.84 Å². The molecule has 2 heterocycles. The summed E-state index contributed by atoms with van der Waals surface area (Å²) >= 11 is 0. The van der Waals surface area contributed by atoms with E-state index in [2.05, 4.69) is 10.4 Å². The van der Waals surface area contributed by atoms with Crippen LogP contribution in [0.5, 0.6) is 0 Å². The van der Waals surface area contributed by atoms with E-state index in [4.69, 9.17) is 0 Å². The summed E-state index contributed by atoms with van der Waals surface area (Å²) < 4.78 is 38.1. The number of amides is 1. The highest BCUT2D eigenvalue weighted by molar-refractivity contribution is 7.91. The number of carbonyl (C=O) groups is 1. The van der Waals surface area contributed by atoms with Crippen LogP contribution in [0.3, 0.4) is 0 Å². The monoisotopic (exact) mass is 377 g/mol. The Morgan fingerprint density at radius 2 is 2.04 bits per heavy atom. The Labute approximate surface area is 151 Å². The standard InChI is InChI=1S/C18H20FN3O3S/c1-11-8-17(22(21-11)14-6-7-26(24,25)10-14)20-18(23)16-9-15(16)12-2-4-13(19)5-3-12/h2-5,8,14-16H,6-7,9-10H2,1H3,(H,20,23). The van der Waals surface area contributed by atoms with Crippen molar-refractivity contribution >= 4 is 21.6 Å². The van der Waals surface area contributed by atoms with Gasteiger partial charge in [-0.05, 0) is 43.4 Å². The van der Waals surface area contributed by atoms with E-state index in [0.717, 1.165) is 17.7 Å². The predicted octanol–water partition coefficient (Wildman–Crippen LogP) is 2.43. The molecule has 26 heavy (non-hydrogen) atoms. The van der Waals surface area contributed by atoms with Gasteiger partial charge in [0.05, 0.1) is 23.2 Å². The molecule has 0 radical (unpaired) electrons. The Morgan fingerprint density at radius 3 is 2.69 bits per heavy atom. The maximum atomic E-state index is 13.0. The number of sulfone groups is 1. The highest BCUT2D eigenvalue weighted by Gasteiger charge is 2.44. The molecule has 4 rings (SSSR count). The number of anilines is 1. The van der Waals surface area contributed by atoms with E-state index in [-0.39, 0.29) is 41.1 Å². The largest absolute Gasteiger partial charge is 0.311 e. The van der Waals surface area contributed by atoms with Crippen LogP contribution in [0.25, 0.3) is 0 Å². The number of hydrogen-bond acceptors (Lipinski definition) is 4. The fourth-order valence-corrected chi connectivity index (χ4v) is 5.33. The van der Waals surface area contributed by atoms with Crippen molar-refractivity contribution in [3.05, 3.63) is 47.4 Å². The van der Waals surface area contributed by atoms with Crippen LogP contribution in [-0.4, -0.2) is 35.6 Å². The minimum Gasteiger partial charge on any atom is -0.311 e. The highest BCUT2D eigenvalue weighted by Crippen LogP contribution is 2.48. The number of nitrogens with one attached hydrogen (secondary N) is 1. The van der Waals surface area contributed by atoms with Gasteiger partial charge < -0.3 is 5.32 Å². The van der Waals surface area contributed by atoms with E-state index in [1.54, 1.807) is 22.9 Å². The summed E-state index contributed by atoms with van der Waals surface area (Å²) in [6.45, 7) is 1.81. The van der Waals surface area contributed by atoms with Crippen LogP contribution in [0.15, 0.2) is 30.3 Å². The third-order valence-electron chi connectivity index (χ3n) is 5.09. The number of carbonyl (C=O) groups excluding carboxylic acids is 1. The molecule has 1 aliphatic heterocycles. The molecular weight excluding hydrogens is 357 g/mol. The maximum absolute atomic E-state index is 13.0. The lowest BCUT2D eigenvalue weighted by Crippen LogP contribution is -2.20. The Bertz CT molecular complexity index is 953. The predicted molar refractivity (Wildman–Crippen MR) is 95.1 cm³/mol. The average molecular weight is 377 g/mol. The van der Waals surface area contributed by atoms with Gasteiger partial charge in [-0.15, -0.1) is 0 Å². The van der Waals surface area contributed by atoms with Gasteiger partial charge in [-0.2, -0.15) is 5.10 Å². The molecule has 1 amide bonds. The van der Waals surface area contributed by atoms with E-state index in [1.807, 2.05) is 6.92 Å². The van der Waals surface area contributed by atoms with Crippen LogP contribution in [0.1, 0.15) is 36.1 Å². The average Bonchev–Trinajstić information content (AvgIpc) is 3.18. The third-order valence-corrected chi connectivity index (χ3v) is 6.84. The Morgan fingerprint density at radius 1 is 1.31 bits per heavy atom. The zero-order valence-corrected chi connectivity index (χ0v) is 15.2. The first kappa shape index (κ1) is 17.2. The van der Waals surface area contributed by atoms with Crippen molar-refractivity contribution in [2.45, 2.75) is 31.7 Å². The van der Waals surface area contributed by atoms with Crippen LogP contribution in [-0.2, 0) is 14.6 Å². The lowest BCUT2D eigenvalue weighted by Gasteiger charge is -2.13. The second-order valence-electron chi connectivity index (χ2n) is 7.16. The molecule has 1 aromatic heterocycles. The zero-order valence-electron chi connectivity index (χ0n) is 14.4. The van der Waals surface area contributed by atoms with Crippen molar-refractivity contribution in [1.29, 1.82) is 0 Å². The summed E-state index contributed by atoms with van der Waals surface area (Å²) in [4.78, 5) is 12.6. The third kappa shape index (κ3) is 3.38. The molecule has 0 spiro atoms. The summed E-state index contributed by atoms with van der Waals surface area (Å²) in [5, 5.41) is 7.28. The highest BCUT2D eigenvalue weighted by atomic mass is 32.2. The molecule has 3 unspecified atom stereocenters. The lowest BCUT2D eigenvalue weighted by atomic mass is 10.1. The van der Waals surface area contributed by atoms with E-state index in [9.17, 15) is 17.6 Å². The zero-order chi connectivity index (χ0) is 18.5. The van der Waals surface area contributed by atoms with Crippen LogP contribution < -0.4 is 5.32 Å². The lowest BCUT2D eigenvalue weighted by molar-refractivity contribution is -0.117. The van der Waals surface area contributed by atoms with E-state index in [0.29, 0.717) is 12.2 Å². The van der Waals surface area contributed by atoms with Crippen molar-refractivity contribution in [1.82, 2.24) is 9.78 Å². The summed E-state index contributed by atoms with van der Waals surface area (Å²) in [7, 11) is -3.04. The first-order valence-electron chi connectivity index (χ1n) is 8.65. The number of aryl methyl sites for hydroxylation is 1. The second-order valence-corrected chi connectivity index (χ2v) is 9.39. The number of rotatable bonds is 4. The molecule has 2 aliphatic rings. The summed E-state index contributed by atoms with van der Waals surface area (Å²) in [6.07, 6.45) is 1.23. The van der Waals surface area contributed by atoms with Gasteiger partial charge in [0.25, 0.3) is 0 Å². The van der Waals surface area contributed by atoms with Gasteiger partial charge in [0, 0.05) is 12.0 Å². The molecule has 6 nitrogen and oxygen atoms in total. The molecule has 1 saturated carbocycles. The molecule has 1 aromatic carbocycles. The first-order chi connectivity index (χ1) is 12.3. The van der Waals surface area contributed by atoms with Crippen LogP contribution in [0.2, 0.25) is 0 Å². The van der Waals surface area contributed by atoms with Gasteiger partial charge in [0.15, 0.2) is 9.84 Å². The van der Waals surface area contributed by atoms with Gasteiger partial charge >= 0.3 is 0 Å². The molecule has 3 atom stereocenters. The molecule has 8 heteroatoms. The van der Waals surface area contributed by atoms with Gasteiger partial charge in [0.2, 0.25) is 5.91 Å². The normalized spacial score (nSPS) is 26.6. The van der Waals surface area contributed by atoms with Crippen LogP contribution in [0.4, 0.5) is 10.2 Å². The molecule has 0 bridgehead atoms. The number of benzene rings is 1. The topological polar surface area (TPSA) is 81.1 Å². The van der Waals surface area contributed by atoms with Crippen molar-refractivity contribution < 1.29 is 17.6 Å². The summed E-state index contributed by atoms with van der Waals surface area (Å²) in [6, 6.07) is 7.76. The van der Waals surface area contributed by atoms with Crippen molar-refractivity contribution in [2.24, 2.45) is 5.92 Å². The Kier molecular flexibility index (Phi) is 4.10. The van der Waals surface area contributed by atoms with Crippen LogP contribution >= 0.6 is 0 Å². The van der Waals surface area contributed by atoms with Crippen molar-refractivity contribution in [3.63, 3.8) is 0 Å². The number of nitrogens with zero attached hydrogens (tertiary/aromatic N) is 2. The number of aromatic nitrogens is 2. The van der Waals surface area contributed by atoms with Gasteiger partial charge in [-0.25, -0.2) is 17.5 Å². The molecule has 1 aliphatic carbocycles. The van der Waals surface area contributed by atoms with Crippen molar-refractivity contribution in [2.75, 3.05) is 16.8 Å². The smallest absolute Gasteiger partial charge is 0.229 e. The SMILES string of the molecule is Cc1cc(NC(=O)C2CC2c2ccc(F)cc2)n(C2CCS(=O)(=O)C2)n1. The van der Waals surface area contributed by atoms with E-state index >= 15 is 0 Å². The van der Waals surface area contributed by atoms with Gasteiger partial charge in [0.1, 0.15) is 11.6 Å². The Hall–Kier alpha value is -2.22. The van der Waals surface area contributed by atoms with E-state index in [1.165, 1.54) is 12.1 Å². The minimum absolute atomic E-state index is 0.0542. The van der Waals surface area contributed by atoms with Crippen LogP contribution in [0, 0.1) is 18.7 Å². The molecular formula is C18H20FN3O3S. The summed E-state index contributed by atoms with van der Waals surface area (Å²) in [5.41, 5.74) is 1.69. The fraction of sp³-hybridized carbons (Fsp3) is 0.444. The second kappa shape index (κ2) is 6.19. The quantitative estimate of drug-likeness (QED) is 0.887. The summed E-state index contributed by atoms with van der Waals surface area (Å²) in [5.74, 6) is 0.288. The molecule has 1 N–H and O–H groups in total. The Balaban J connectivity index is 1.47. The van der Waals surface area contributed by atoms with Crippen molar-refractivity contribution in [3.8, 4) is 0 Å². The fourth-order valence-electron chi connectivity index (χ4n) is 3.64. The van der Waals surface area contributed by atoms with Gasteiger partial charge in [-0.3, -0.25) is 4.79 Å². The first-order valence-corrected chi connectivity index (χ1v) is 10.5. The molecule has 138 valence electrons. The van der Waals surface area contributed by atoms with Gasteiger partial charge in [-0.1, -0.05) is 12.1 Å². The molecule has 2 fully saturated rings. The maximum Gasteiger partial charge on any atom is 0.229 e. The molecule has 1 saturated heterocycles. The number of halogens is 1. The molecule has 2 aromatic rings. The number of hydrogen-bond donors (Lipinski definition) is 1.